The van der Waals surface area contributed by atoms with Crippen LogP contribution in [0.1, 0.15) is 15.9 Å². The van der Waals surface area contributed by atoms with E-state index in [0.717, 1.165) is 11.1 Å². The zero-order chi connectivity index (χ0) is 10.6. The van der Waals surface area contributed by atoms with Gasteiger partial charge in [0.05, 0.1) is 0 Å². The molecule has 14 heavy (non-hydrogen) atoms. The highest BCUT2D eigenvalue weighted by Gasteiger charge is 2.03. The minimum Gasteiger partial charge on any atom is -0.355 e. The van der Waals surface area contributed by atoms with E-state index < -0.39 is 0 Å². The van der Waals surface area contributed by atoms with E-state index in [1.807, 2.05) is 12.1 Å². The van der Waals surface area contributed by atoms with Crippen LogP contribution in [0.2, 0.25) is 0 Å². The molecule has 1 aromatic rings. The molecule has 72 valence electrons. The third-order valence-electron chi connectivity index (χ3n) is 1.97. The number of benzene rings is 1. The molecule has 0 spiro atoms. The Morgan fingerprint density at radius 2 is 2.07 bits per heavy atom. The monoisotopic (exact) mass is 187 g/mol. The number of hydrogen-bond donors (Lipinski definition) is 1. The fourth-order valence-corrected chi connectivity index (χ4v) is 1.12. The summed E-state index contributed by atoms with van der Waals surface area (Å²) in [5.74, 6) is -0.0938. The lowest BCUT2D eigenvalue weighted by atomic mass is 10.0. The van der Waals surface area contributed by atoms with Crippen molar-refractivity contribution in [1.29, 1.82) is 0 Å². The fourth-order valence-electron chi connectivity index (χ4n) is 1.12. The van der Waals surface area contributed by atoms with Crippen molar-refractivity contribution in [3.05, 3.63) is 54.6 Å². The predicted octanol–water partition coefficient (Wildman–Crippen LogP) is 2.25. The van der Waals surface area contributed by atoms with Gasteiger partial charge in [-0.15, -0.1) is 0 Å². The topological polar surface area (TPSA) is 29.1 Å². The summed E-state index contributed by atoms with van der Waals surface area (Å²) >= 11 is 0. The Hall–Kier alpha value is -1.83. The molecule has 0 saturated heterocycles. The van der Waals surface area contributed by atoms with Gasteiger partial charge < -0.3 is 5.32 Å². The molecule has 0 aliphatic rings. The summed E-state index contributed by atoms with van der Waals surface area (Å²) in [5, 5.41) is 2.57. The predicted molar refractivity (Wildman–Crippen MR) is 59.1 cm³/mol. The molecule has 0 saturated carbocycles. The third-order valence-corrected chi connectivity index (χ3v) is 1.97. The van der Waals surface area contributed by atoms with Crippen LogP contribution in [0.3, 0.4) is 0 Å². The summed E-state index contributed by atoms with van der Waals surface area (Å²) in [6.07, 6.45) is 1.67. The van der Waals surface area contributed by atoms with Gasteiger partial charge in [0.2, 0.25) is 0 Å². The van der Waals surface area contributed by atoms with Gasteiger partial charge in [0, 0.05) is 12.6 Å². The number of amides is 1. The number of allylic oxidation sites excluding steroid dienone is 2. The molecule has 2 heteroatoms. The first-order valence-electron chi connectivity index (χ1n) is 4.33. The minimum absolute atomic E-state index is 0.0938. The molecule has 1 N–H and O–H groups in total. The molecule has 0 unspecified atom stereocenters. The van der Waals surface area contributed by atoms with Gasteiger partial charge in [0.15, 0.2) is 0 Å². The quantitative estimate of drug-likeness (QED) is 0.722. The van der Waals surface area contributed by atoms with Crippen molar-refractivity contribution in [2.24, 2.45) is 0 Å². The van der Waals surface area contributed by atoms with Crippen LogP contribution in [0.5, 0.6) is 0 Å². The molecule has 0 aliphatic carbocycles. The third kappa shape index (κ3) is 2.10. The number of rotatable bonds is 3. The second-order valence-electron chi connectivity index (χ2n) is 2.89. The Morgan fingerprint density at radius 1 is 1.43 bits per heavy atom. The molecular weight excluding hydrogens is 174 g/mol. The smallest absolute Gasteiger partial charge is 0.251 e. The van der Waals surface area contributed by atoms with E-state index in [2.05, 4.69) is 18.5 Å². The van der Waals surface area contributed by atoms with E-state index in [-0.39, 0.29) is 5.91 Å². The van der Waals surface area contributed by atoms with Crippen LogP contribution >= 0.6 is 0 Å². The highest BCUT2D eigenvalue weighted by atomic mass is 16.1. The standard InChI is InChI=1S/C12H13NO/c1-4-9(2)10-6-5-7-11(8-10)12(14)13-3/h4-8H,1-2H2,3H3,(H,13,14). The zero-order valence-corrected chi connectivity index (χ0v) is 8.21. The summed E-state index contributed by atoms with van der Waals surface area (Å²) in [6, 6.07) is 7.28. The molecule has 1 amide bonds. The van der Waals surface area contributed by atoms with Crippen LogP contribution in [0.15, 0.2) is 43.5 Å². The molecule has 0 radical (unpaired) electrons. The SMILES string of the molecule is C=CC(=C)c1cccc(C(=O)NC)c1. The first-order chi connectivity index (χ1) is 6.69. The van der Waals surface area contributed by atoms with Gasteiger partial charge >= 0.3 is 0 Å². The summed E-state index contributed by atoms with van der Waals surface area (Å²) in [7, 11) is 1.61. The molecular formula is C12H13NO. The largest absolute Gasteiger partial charge is 0.355 e. The lowest BCUT2D eigenvalue weighted by molar-refractivity contribution is 0.0963. The van der Waals surface area contributed by atoms with Crippen molar-refractivity contribution < 1.29 is 4.79 Å². The van der Waals surface area contributed by atoms with Crippen molar-refractivity contribution >= 4 is 11.5 Å². The van der Waals surface area contributed by atoms with Gasteiger partial charge in [-0.05, 0) is 23.3 Å². The van der Waals surface area contributed by atoms with Crippen LogP contribution in [0, 0.1) is 0 Å². The van der Waals surface area contributed by atoms with E-state index in [1.54, 1.807) is 25.3 Å². The van der Waals surface area contributed by atoms with Crippen LogP contribution < -0.4 is 5.32 Å². The lowest BCUT2D eigenvalue weighted by Gasteiger charge is -2.03. The maximum Gasteiger partial charge on any atom is 0.251 e. The van der Waals surface area contributed by atoms with E-state index in [1.165, 1.54) is 0 Å². The second-order valence-corrected chi connectivity index (χ2v) is 2.89. The highest BCUT2D eigenvalue weighted by Crippen LogP contribution is 2.14. The minimum atomic E-state index is -0.0938. The second kappa shape index (κ2) is 4.42. The van der Waals surface area contributed by atoms with Crippen molar-refractivity contribution in [3.8, 4) is 0 Å². The number of hydrogen-bond acceptors (Lipinski definition) is 1. The molecule has 1 aromatic carbocycles. The van der Waals surface area contributed by atoms with Gasteiger partial charge in [-0.3, -0.25) is 4.79 Å². The molecule has 0 bridgehead atoms. The molecule has 0 fully saturated rings. The molecule has 0 aromatic heterocycles. The fraction of sp³-hybridized carbons (Fsp3) is 0.0833. The summed E-state index contributed by atoms with van der Waals surface area (Å²) in [5.41, 5.74) is 2.37. The Balaban J connectivity index is 3.06. The molecule has 1 rings (SSSR count). The normalized spacial score (nSPS) is 9.21. The van der Waals surface area contributed by atoms with Gasteiger partial charge in [-0.1, -0.05) is 31.4 Å². The lowest BCUT2D eigenvalue weighted by Crippen LogP contribution is -2.17. The Labute approximate surface area is 84.0 Å². The van der Waals surface area contributed by atoms with Crippen LogP contribution in [-0.4, -0.2) is 13.0 Å². The maximum atomic E-state index is 11.3. The van der Waals surface area contributed by atoms with Crippen LogP contribution in [-0.2, 0) is 0 Å². The van der Waals surface area contributed by atoms with Crippen molar-refractivity contribution in [2.45, 2.75) is 0 Å². The average Bonchev–Trinajstić information content (AvgIpc) is 2.27. The summed E-state index contributed by atoms with van der Waals surface area (Å²) < 4.78 is 0. The molecule has 0 atom stereocenters. The van der Waals surface area contributed by atoms with Gasteiger partial charge in [-0.25, -0.2) is 0 Å². The summed E-state index contributed by atoms with van der Waals surface area (Å²) in [6.45, 7) is 7.45. The highest BCUT2D eigenvalue weighted by molar-refractivity contribution is 5.95. The van der Waals surface area contributed by atoms with Crippen LogP contribution in [0.4, 0.5) is 0 Å². The maximum absolute atomic E-state index is 11.3. The number of carbonyl (C=O) groups is 1. The van der Waals surface area contributed by atoms with Crippen molar-refractivity contribution in [1.82, 2.24) is 5.32 Å². The molecule has 0 heterocycles. The molecule has 0 aliphatic heterocycles. The Bertz CT molecular complexity index is 380. The van der Waals surface area contributed by atoms with Gasteiger partial charge in [0.25, 0.3) is 5.91 Å². The van der Waals surface area contributed by atoms with E-state index in [0.29, 0.717) is 5.56 Å². The van der Waals surface area contributed by atoms with Crippen molar-refractivity contribution in [2.75, 3.05) is 7.05 Å². The van der Waals surface area contributed by atoms with Gasteiger partial charge in [-0.2, -0.15) is 0 Å². The Kier molecular flexibility index (Phi) is 3.24. The van der Waals surface area contributed by atoms with Gasteiger partial charge in [0.1, 0.15) is 0 Å². The van der Waals surface area contributed by atoms with E-state index in [9.17, 15) is 4.79 Å². The zero-order valence-electron chi connectivity index (χ0n) is 8.21. The van der Waals surface area contributed by atoms with Crippen LogP contribution in [0.25, 0.3) is 5.57 Å². The first-order valence-corrected chi connectivity index (χ1v) is 4.33. The number of nitrogens with one attached hydrogen (secondary N) is 1. The van der Waals surface area contributed by atoms with E-state index >= 15 is 0 Å². The molecule has 2 nitrogen and oxygen atoms in total. The van der Waals surface area contributed by atoms with Crippen molar-refractivity contribution in [3.63, 3.8) is 0 Å². The average molecular weight is 187 g/mol. The number of carbonyl (C=O) groups excluding carboxylic acids is 1. The van der Waals surface area contributed by atoms with E-state index in [4.69, 9.17) is 0 Å². The Morgan fingerprint density at radius 3 is 2.64 bits per heavy atom. The first kappa shape index (κ1) is 10.3. The summed E-state index contributed by atoms with van der Waals surface area (Å²) in [4.78, 5) is 11.3.